The SMILES string of the molecule is C=C(COC(C)CCCCCC)C(=O)O. The van der Waals surface area contributed by atoms with Crippen LogP contribution in [-0.4, -0.2) is 23.8 Å². The standard InChI is InChI=1S/C12H22O3/c1-4-5-6-7-8-11(3)15-9-10(2)12(13)14/h11H,2,4-9H2,1,3H3,(H,13,14). The number of aliphatic carboxylic acids is 1. The van der Waals surface area contributed by atoms with Gasteiger partial charge in [0.2, 0.25) is 0 Å². The molecule has 1 N–H and O–H groups in total. The molecule has 0 saturated carbocycles. The number of unbranched alkanes of at least 4 members (excludes halogenated alkanes) is 3. The lowest BCUT2D eigenvalue weighted by molar-refractivity contribution is -0.133. The van der Waals surface area contributed by atoms with E-state index in [-0.39, 0.29) is 18.3 Å². The van der Waals surface area contributed by atoms with Crippen molar-refractivity contribution in [2.45, 2.75) is 52.1 Å². The van der Waals surface area contributed by atoms with Crippen LogP contribution in [0.5, 0.6) is 0 Å². The van der Waals surface area contributed by atoms with Crippen LogP contribution in [-0.2, 0) is 9.53 Å². The van der Waals surface area contributed by atoms with E-state index in [0.29, 0.717) is 0 Å². The lowest BCUT2D eigenvalue weighted by atomic mass is 10.1. The molecule has 1 atom stereocenters. The van der Waals surface area contributed by atoms with Gasteiger partial charge >= 0.3 is 5.97 Å². The van der Waals surface area contributed by atoms with Crippen LogP contribution >= 0.6 is 0 Å². The van der Waals surface area contributed by atoms with Crippen molar-refractivity contribution in [1.82, 2.24) is 0 Å². The highest BCUT2D eigenvalue weighted by molar-refractivity contribution is 5.85. The van der Waals surface area contributed by atoms with Crippen LogP contribution in [0.4, 0.5) is 0 Å². The molecule has 3 nitrogen and oxygen atoms in total. The Morgan fingerprint density at radius 3 is 2.60 bits per heavy atom. The smallest absolute Gasteiger partial charge is 0.333 e. The van der Waals surface area contributed by atoms with Gasteiger partial charge < -0.3 is 9.84 Å². The fraction of sp³-hybridized carbons (Fsp3) is 0.750. The molecule has 15 heavy (non-hydrogen) atoms. The second-order valence-corrected chi connectivity index (χ2v) is 3.88. The maximum Gasteiger partial charge on any atom is 0.333 e. The molecule has 0 aliphatic carbocycles. The minimum atomic E-state index is -0.979. The van der Waals surface area contributed by atoms with Crippen molar-refractivity contribution in [3.63, 3.8) is 0 Å². The van der Waals surface area contributed by atoms with Gasteiger partial charge in [0, 0.05) is 0 Å². The van der Waals surface area contributed by atoms with E-state index in [1.165, 1.54) is 19.3 Å². The van der Waals surface area contributed by atoms with Gasteiger partial charge in [0.05, 0.1) is 18.3 Å². The predicted molar refractivity (Wildman–Crippen MR) is 60.9 cm³/mol. The molecule has 0 rings (SSSR count). The molecule has 88 valence electrons. The van der Waals surface area contributed by atoms with Gasteiger partial charge in [-0.05, 0) is 13.3 Å². The Morgan fingerprint density at radius 2 is 2.07 bits per heavy atom. The molecule has 0 aliphatic rings. The number of carboxylic acid groups (broad SMARTS) is 1. The molecule has 0 radical (unpaired) electrons. The van der Waals surface area contributed by atoms with Crippen molar-refractivity contribution < 1.29 is 14.6 Å². The van der Waals surface area contributed by atoms with E-state index in [0.717, 1.165) is 12.8 Å². The molecule has 3 heteroatoms. The molecular formula is C12H22O3. The van der Waals surface area contributed by atoms with Crippen molar-refractivity contribution in [1.29, 1.82) is 0 Å². The van der Waals surface area contributed by atoms with Gasteiger partial charge in [-0.1, -0.05) is 39.2 Å². The van der Waals surface area contributed by atoms with Gasteiger partial charge in [0.1, 0.15) is 0 Å². The zero-order chi connectivity index (χ0) is 11.7. The summed E-state index contributed by atoms with van der Waals surface area (Å²) in [5.74, 6) is -0.979. The Morgan fingerprint density at radius 1 is 1.40 bits per heavy atom. The first-order valence-corrected chi connectivity index (χ1v) is 5.60. The Bertz CT molecular complexity index is 199. The molecule has 0 aromatic heterocycles. The summed E-state index contributed by atoms with van der Waals surface area (Å²) in [6, 6.07) is 0. The maximum atomic E-state index is 10.4. The minimum absolute atomic E-state index is 0.121. The first kappa shape index (κ1) is 14.2. The maximum absolute atomic E-state index is 10.4. The summed E-state index contributed by atoms with van der Waals surface area (Å²) < 4.78 is 5.36. The Balaban J connectivity index is 3.44. The number of carboxylic acids is 1. The second-order valence-electron chi connectivity index (χ2n) is 3.88. The molecule has 0 bridgehead atoms. The van der Waals surface area contributed by atoms with Gasteiger partial charge in [-0.25, -0.2) is 4.79 Å². The van der Waals surface area contributed by atoms with Crippen molar-refractivity contribution in [2.24, 2.45) is 0 Å². The van der Waals surface area contributed by atoms with E-state index in [1.807, 2.05) is 6.92 Å². The fourth-order valence-corrected chi connectivity index (χ4v) is 1.25. The quantitative estimate of drug-likeness (QED) is 0.474. The topological polar surface area (TPSA) is 46.5 Å². The second kappa shape index (κ2) is 8.48. The van der Waals surface area contributed by atoms with Gasteiger partial charge in [-0.15, -0.1) is 0 Å². The van der Waals surface area contributed by atoms with Crippen LogP contribution in [0.1, 0.15) is 46.0 Å². The van der Waals surface area contributed by atoms with E-state index in [4.69, 9.17) is 9.84 Å². The lowest BCUT2D eigenvalue weighted by Crippen LogP contribution is -2.13. The van der Waals surface area contributed by atoms with Gasteiger partial charge in [-0.3, -0.25) is 0 Å². The first-order chi connectivity index (χ1) is 7.07. The lowest BCUT2D eigenvalue weighted by Gasteiger charge is -2.12. The van der Waals surface area contributed by atoms with Crippen LogP contribution in [0.15, 0.2) is 12.2 Å². The van der Waals surface area contributed by atoms with Crippen LogP contribution in [0.25, 0.3) is 0 Å². The van der Waals surface area contributed by atoms with Crippen molar-refractivity contribution in [2.75, 3.05) is 6.61 Å². The molecular weight excluding hydrogens is 192 g/mol. The molecule has 0 aromatic rings. The van der Waals surface area contributed by atoms with Crippen molar-refractivity contribution >= 4 is 5.97 Å². The molecule has 0 heterocycles. The first-order valence-electron chi connectivity index (χ1n) is 5.60. The van der Waals surface area contributed by atoms with Crippen molar-refractivity contribution in [3.8, 4) is 0 Å². The van der Waals surface area contributed by atoms with Gasteiger partial charge in [0.15, 0.2) is 0 Å². The van der Waals surface area contributed by atoms with E-state index in [2.05, 4.69) is 13.5 Å². The molecule has 0 amide bonds. The molecule has 0 aliphatic heterocycles. The number of ether oxygens (including phenoxy) is 1. The number of hydrogen-bond acceptors (Lipinski definition) is 2. The highest BCUT2D eigenvalue weighted by Crippen LogP contribution is 2.08. The number of hydrogen-bond donors (Lipinski definition) is 1. The summed E-state index contributed by atoms with van der Waals surface area (Å²) in [5, 5.41) is 8.56. The third kappa shape index (κ3) is 8.18. The zero-order valence-corrected chi connectivity index (χ0v) is 9.79. The van der Waals surface area contributed by atoms with Crippen molar-refractivity contribution in [3.05, 3.63) is 12.2 Å². The Kier molecular flexibility index (Phi) is 8.01. The van der Waals surface area contributed by atoms with Crippen LogP contribution in [0.2, 0.25) is 0 Å². The third-order valence-corrected chi connectivity index (χ3v) is 2.31. The number of carbonyl (C=O) groups is 1. The summed E-state index contributed by atoms with van der Waals surface area (Å²) in [4.78, 5) is 10.4. The van der Waals surface area contributed by atoms with Gasteiger partial charge in [0.25, 0.3) is 0 Å². The average Bonchev–Trinajstić information content (AvgIpc) is 2.20. The van der Waals surface area contributed by atoms with Crippen LogP contribution < -0.4 is 0 Å². The Hall–Kier alpha value is -0.830. The van der Waals surface area contributed by atoms with E-state index < -0.39 is 5.97 Å². The normalized spacial score (nSPS) is 12.4. The Labute approximate surface area is 92.1 Å². The highest BCUT2D eigenvalue weighted by atomic mass is 16.5. The van der Waals surface area contributed by atoms with Crippen LogP contribution in [0, 0.1) is 0 Å². The zero-order valence-electron chi connectivity index (χ0n) is 9.79. The molecule has 0 fully saturated rings. The minimum Gasteiger partial charge on any atom is -0.478 e. The largest absolute Gasteiger partial charge is 0.478 e. The summed E-state index contributed by atoms with van der Waals surface area (Å²) in [7, 11) is 0. The van der Waals surface area contributed by atoms with E-state index >= 15 is 0 Å². The molecule has 1 unspecified atom stereocenters. The summed E-state index contributed by atoms with van der Waals surface area (Å²) in [5.41, 5.74) is 0.121. The fourth-order valence-electron chi connectivity index (χ4n) is 1.25. The molecule has 0 saturated heterocycles. The highest BCUT2D eigenvalue weighted by Gasteiger charge is 2.07. The van der Waals surface area contributed by atoms with E-state index in [1.54, 1.807) is 0 Å². The third-order valence-electron chi connectivity index (χ3n) is 2.31. The summed E-state index contributed by atoms with van der Waals surface area (Å²) in [6.07, 6.45) is 5.98. The van der Waals surface area contributed by atoms with Crippen LogP contribution in [0.3, 0.4) is 0 Å². The number of rotatable bonds is 9. The average molecular weight is 214 g/mol. The molecule has 0 aromatic carbocycles. The monoisotopic (exact) mass is 214 g/mol. The van der Waals surface area contributed by atoms with Gasteiger partial charge in [-0.2, -0.15) is 0 Å². The predicted octanol–water partition coefficient (Wildman–Crippen LogP) is 3.00. The summed E-state index contributed by atoms with van der Waals surface area (Å²) in [6.45, 7) is 7.69. The van der Waals surface area contributed by atoms with E-state index in [9.17, 15) is 4.79 Å². The molecule has 0 spiro atoms. The summed E-state index contributed by atoms with van der Waals surface area (Å²) >= 11 is 0.